The number of rotatable bonds is 7. The van der Waals surface area contributed by atoms with Crippen molar-refractivity contribution in [2.45, 2.75) is 33.5 Å². The SMILES string of the molecule is C=C/C=C(\C)CN1Cc2cc(CNCc3ccccc3)cc(C)c2C1=O. The molecule has 1 aliphatic heterocycles. The van der Waals surface area contributed by atoms with Gasteiger partial charge in [-0.2, -0.15) is 0 Å². The van der Waals surface area contributed by atoms with E-state index in [1.165, 1.54) is 11.1 Å². The van der Waals surface area contributed by atoms with Crippen LogP contribution in [0.2, 0.25) is 0 Å². The Balaban J connectivity index is 1.68. The van der Waals surface area contributed by atoms with Crippen LogP contribution in [0.1, 0.15) is 39.5 Å². The topological polar surface area (TPSA) is 32.3 Å². The van der Waals surface area contributed by atoms with Crippen molar-refractivity contribution in [1.29, 1.82) is 0 Å². The molecule has 0 aromatic heterocycles. The van der Waals surface area contributed by atoms with E-state index in [1.807, 2.05) is 30.9 Å². The second-order valence-electron chi connectivity index (χ2n) is 6.95. The minimum Gasteiger partial charge on any atom is -0.330 e. The summed E-state index contributed by atoms with van der Waals surface area (Å²) in [4.78, 5) is 14.6. The third-order valence-electron chi connectivity index (χ3n) is 4.68. The van der Waals surface area contributed by atoms with Crippen molar-refractivity contribution < 1.29 is 4.79 Å². The van der Waals surface area contributed by atoms with Gasteiger partial charge in [-0.1, -0.05) is 66.8 Å². The van der Waals surface area contributed by atoms with E-state index in [9.17, 15) is 4.79 Å². The molecule has 0 atom stereocenters. The molecule has 2 aromatic carbocycles. The third kappa shape index (κ3) is 4.12. The molecule has 1 N–H and O–H groups in total. The first-order valence-electron chi connectivity index (χ1n) is 9.03. The van der Waals surface area contributed by atoms with E-state index in [4.69, 9.17) is 0 Å². The van der Waals surface area contributed by atoms with Gasteiger partial charge < -0.3 is 10.2 Å². The summed E-state index contributed by atoms with van der Waals surface area (Å²) < 4.78 is 0. The maximum Gasteiger partial charge on any atom is 0.255 e. The lowest BCUT2D eigenvalue weighted by Crippen LogP contribution is -2.25. The van der Waals surface area contributed by atoms with E-state index in [0.29, 0.717) is 13.1 Å². The fourth-order valence-electron chi connectivity index (χ4n) is 3.54. The van der Waals surface area contributed by atoms with E-state index in [2.05, 4.69) is 48.3 Å². The lowest BCUT2D eigenvalue weighted by Gasteiger charge is -2.15. The van der Waals surface area contributed by atoms with Gasteiger partial charge in [0.15, 0.2) is 0 Å². The summed E-state index contributed by atoms with van der Waals surface area (Å²) in [6.07, 6.45) is 3.73. The Kier molecular flexibility index (Phi) is 5.69. The van der Waals surface area contributed by atoms with Gasteiger partial charge in [-0.25, -0.2) is 0 Å². The van der Waals surface area contributed by atoms with Crippen LogP contribution in [0.5, 0.6) is 0 Å². The summed E-state index contributed by atoms with van der Waals surface area (Å²) >= 11 is 0. The lowest BCUT2D eigenvalue weighted by molar-refractivity contribution is 0.0792. The molecule has 1 amide bonds. The number of carbonyl (C=O) groups is 1. The van der Waals surface area contributed by atoms with E-state index in [1.54, 1.807) is 6.08 Å². The van der Waals surface area contributed by atoms with Crippen LogP contribution in [-0.2, 0) is 19.6 Å². The summed E-state index contributed by atoms with van der Waals surface area (Å²) in [5.41, 5.74) is 6.72. The molecule has 3 nitrogen and oxygen atoms in total. The van der Waals surface area contributed by atoms with Crippen molar-refractivity contribution in [3.8, 4) is 0 Å². The number of allylic oxidation sites excluding steroid dienone is 2. The molecule has 0 fully saturated rings. The van der Waals surface area contributed by atoms with Crippen molar-refractivity contribution in [2.75, 3.05) is 6.54 Å². The van der Waals surface area contributed by atoms with Crippen molar-refractivity contribution >= 4 is 5.91 Å². The number of nitrogens with zero attached hydrogens (tertiary/aromatic N) is 1. The zero-order valence-electron chi connectivity index (χ0n) is 15.6. The van der Waals surface area contributed by atoms with Gasteiger partial charge in [0.2, 0.25) is 0 Å². The normalized spacial score (nSPS) is 13.8. The zero-order valence-corrected chi connectivity index (χ0v) is 15.6. The third-order valence-corrected chi connectivity index (χ3v) is 4.68. The Morgan fingerprint density at radius 2 is 1.92 bits per heavy atom. The van der Waals surface area contributed by atoms with Crippen LogP contribution in [-0.4, -0.2) is 17.4 Å². The lowest BCUT2D eigenvalue weighted by atomic mass is 10.0. The highest BCUT2D eigenvalue weighted by atomic mass is 16.2. The van der Waals surface area contributed by atoms with E-state index in [-0.39, 0.29) is 5.91 Å². The zero-order chi connectivity index (χ0) is 18.5. The number of carbonyl (C=O) groups excluding carboxylic acids is 1. The fourth-order valence-corrected chi connectivity index (χ4v) is 3.54. The van der Waals surface area contributed by atoms with E-state index in [0.717, 1.165) is 35.4 Å². The van der Waals surface area contributed by atoms with Gasteiger partial charge in [0.1, 0.15) is 0 Å². The monoisotopic (exact) mass is 346 g/mol. The molecular formula is C23H26N2O. The number of hydrogen-bond donors (Lipinski definition) is 1. The van der Waals surface area contributed by atoms with Crippen LogP contribution >= 0.6 is 0 Å². The minimum absolute atomic E-state index is 0.137. The average Bonchev–Trinajstić information content (AvgIpc) is 2.92. The Labute approximate surface area is 156 Å². The van der Waals surface area contributed by atoms with Crippen LogP contribution in [0.3, 0.4) is 0 Å². The predicted octanol–water partition coefficient (Wildman–Crippen LogP) is 4.37. The molecule has 134 valence electrons. The first-order valence-corrected chi connectivity index (χ1v) is 9.03. The molecule has 0 radical (unpaired) electrons. The summed E-state index contributed by atoms with van der Waals surface area (Å²) in [7, 11) is 0. The number of fused-ring (bicyclic) bond motifs is 1. The van der Waals surface area contributed by atoms with Crippen molar-refractivity contribution in [3.63, 3.8) is 0 Å². The molecule has 26 heavy (non-hydrogen) atoms. The first kappa shape index (κ1) is 18.2. The van der Waals surface area contributed by atoms with Crippen molar-refractivity contribution in [3.05, 3.63) is 94.6 Å². The highest BCUT2D eigenvalue weighted by Gasteiger charge is 2.29. The average molecular weight is 346 g/mol. The largest absolute Gasteiger partial charge is 0.330 e. The smallest absolute Gasteiger partial charge is 0.255 e. The molecular weight excluding hydrogens is 320 g/mol. The second kappa shape index (κ2) is 8.15. The summed E-state index contributed by atoms with van der Waals surface area (Å²) in [5, 5.41) is 3.49. The maximum atomic E-state index is 12.7. The van der Waals surface area contributed by atoms with Gasteiger partial charge in [0.05, 0.1) is 0 Å². The second-order valence-corrected chi connectivity index (χ2v) is 6.95. The van der Waals surface area contributed by atoms with Crippen LogP contribution in [0.4, 0.5) is 0 Å². The number of nitrogens with one attached hydrogen (secondary N) is 1. The number of aryl methyl sites for hydroxylation is 1. The van der Waals surface area contributed by atoms with Crippen molar-refractivity contribution in [2.24, 2.45) is 0 Å². The minimum atomic E-state index is 0.137. The Hall–Kier alpha value is -2.65. The maximum absolute atomic E-state index is 12.7. The van der Waals surface area contributed by atoms with Crippen LogP contribution in [0.25, 0.3) is 0 Å². The van der Waals surface area contributed by atoms with Gasteiger partial charge in [0, 0.05) is 31.7 Å². The van der Waals surface area contributed by atoms with Crippen LogP contribution in [0, 0.1) is 6.92 Å². The first-order chi connectivity index (χ1) is 12.6. The van der Waals surface area contributed by atoms with Gasteiger partial charge in [-0.05, 0) is 36.1 Å². The standard InChI is InChI=1S/C23H26N2O/c1-4-8-17(2)15-25-16-21-12-20(11-18(3)22(21)23(25)26)14-24-13-19-9-6-5-7-10-19/h4-12,24H,1,13-16H2,2-3H3/b17-8+. The summed E-state index contributed by atoms with van der Waals surface area (Å²) in [5.74, 6) is 0.137. The molecule has 3 heteroatoms. The predicted molar refractivity (Wildman–Crippen MR) is 107 cm³/mol. The summed E-state index contributed by atoms with van der Waals surface area (Å²) in [6, 6.07) is 14.7. The van der Waals surface area contributed by atoms with Crippen LogP contribution in [0.15, 0.2) is 66.8 Å². The molecule has 0 unspecified atom stereocenters. The number of hydrogen-bond acceptors (Lipinski definition) is 2. The quantitative estimate of drug-likeness (QED) is 0.755. The van der Waals surface area contributed by atoms with Crippen LogP contribution < -0.4 is 5.32 Å². The fraction of sp³-hybridized carbons (Fsp3) is 0.261. The molecule has 2 aromatic rings. The van der Waals surface area contributed by atoms with Gasteiger partial charge in [-0.3, -0.25) is 4.79 Å². The Morgan fingerprint density at radius 1 is 1.19 bits per heavy atom. The molecule has 1 aliphatic rings. The molecule has 0 saturated carbocycles. The highest BCUT2D eigenvalue weighted by Crippen LogP contribution is 2.28. The molecule has 1 heterocycles. The summed E-state index contributed by atoms with van der Waals surface area (Å²) in [6.45, 7) is 10.8. The molecule has 0 spiro atoms. The van der Waals surface area contributed by atoms with Gasteiger partial charge >= 0.3 is 0 Å². The Bertz CT molecular complexity index is 837. The number of amides is 1. The molecule has 3 rings (SSSR count). The van der Waals surface area contributed by atoms with E-state index < -0.39 is 0 Å². The van der Waals surface area contributed by atoms with Gasteiger partial charge in [0.25, 0.3) is 5.91 Å². The Morgan fingerprint density at radius 3 is 2.65 bits per heavy atom. The van der Waals surface area contributed by atoms with Gasteiger partial charge in [-0.15, -0.1) is 0 Å². The van der Waals surface area contributed by atoms with Crippen molar-refractivity contribution in [1.82, 2.24) is 10.2 Å². The van der Waals surface area contributed by atoms with E-state index >= 15 is 0 Å². The molecule has 0 bridgehead atoms. The highest BCUT2D eigenvalue weighted by molar-refractivity contribution is 6.00. The molecule has 0 aliphatic carbocycles. The number of benzene rings is 2. The molecule has 0 saturated heterocycles.